The Labute approximate surface area is 337 Å². The molecule has 51 heavy (non-hydrogen) atoms. The van der Waals surface area contributed by atoms with Crippen LogP contribution in [0, 0.1) is 13.3 Å². The zero-order valence-electron chi connectivity index (χ0n) is 29.3. The zero-order chi connectivity index (χ0) is 36.1. The van der Waals surface area contributed by atoms with Crippen LogP contribution in [0.15, 0.2) is 140 Å². The molecular weight excluding hydrogens is 1040 g/mol. The van der Waals surface area contributed by atoms with Gasteiger partial charge in [0.25, 0.3) is 0 Å². The third kappa shape index (κ3) is 6.63. The molecule has 4 nitrogen and oxygen atoms in total. The first kappa shape index (κ1) is 38.5. The van der Waals surface area contributed by atoms with Gasteiger partial charge in [0.2, 0.25) is 22.7 Å². The summed E-state index contributed by atoms with van der Waals surface area (Å²) >= 11 is 3.50. The van der Waals surface area contributed by atoms with Crippen molar-refractivity contribution < 1.29 is 40.0 Å². The fraction of sp³-hybridized carbons (Fsp3) is 0.209. The first-order chi connectivity index (χ1) is 25.0. The van der Waals surface area contributed by atoms with Gasteiger partial charge in [-0.05, 0) is 43.2 Å². The van der Waals surface area contributed by atoms with Crippen LogP contribution in [0.25, 0.3) is 10.8 Å². The van der Waals surface area contributed by atoms with Crippen LogP contribution in [-0.4, -0.2) is 6.54 Å². The van der Waals surface area contributed by atoms with Crippen LogP contribution in [0.2, 0.25) is 0 Å². The molecule has 0 N–H and O–H groups in total. The van der Waals surface area contributed by atoms with Crippen molar-refractivity contribution >= 4 is 51.9 Å². The molecule has 272 valence electrons. The van der Waals surface area contributed by atoms with Crippen LogP contribution in [0.1, 0.15) is 50.3 Å². The molecule has 4 aliphatic heterocycles. The normalized spacial score (nSPS) is 25.3. The summed E-state index contributed by atoms with van der Waals surface area (Å²) < 4.78 is 3.79. The molecule has 0 amide bonds. The van der Waals surface area contributed by atoms with Crippen molar-refractivity contribution in [3.8, 4) is 0 Å². The predicted molar refractivity (Wildman–Crippen MR) is 211 cm³/mol. The van der Waals surface area contributed by atoms with E-state index in [0.717, 1.165) is 44.5 Å². The molecule has 0 bridgehead atoms. The Morgan fingerprint density at radius 1 is 0.529 bits per heavy atom. The van der Waals surface area contributed by atoms with Gasteiger partial charge in [0.15, 0.2) is 13.3 Å². The number of fused-ring (bicyclic) bond motifs is 9. The number of allylic oxidation sites excluding steroid dienone is 4. The summed E-state index contributed by atoms with van der Waals surface area (Å²) in [5.74, 6) is 0. The number of quaternary nitrogens is 4. The summed E-state index contributed by atoms with van der Waals surface area (Å²) in [5, 5.41) is 2.67. The van der Waals surface area contributed by atoms with Crippen molar-refractivity contribution in [3.05, 3.63) is 170 Å². The van der Waals surface area contributed by atoms with Gasteiger partial charge < -0.3 is 0 Å². The third-order valence-electron chi connectivity index (χ3n) is 10.8. The summed E-state index contributed by atoms with van der Waals surface area (Å²) in [6, 6.07) is 43.1. The van der Waals surface area contributed by atoms with E-state index in [1.165, 1.54) is 63.1 Å². The van der Waals surface area contributed by atoms with E-state index in [4.69, 9.17) is 0 Å². The average molecular weight is 1080 g/mol. The second kappa shape index (κ2) is 16.4. The van der Waals surface area contributed by atoms with Crippen molar-refractivity contribution in [2.45, 2.75) is 53.2 Å². The second-order valence-electron chi connectivity index (χ2n) is 13.5. The van der Waals surface area contributed by atoms with Gasteiger partial charge in [0.1, 0.15) is 26.2 Å². The Kier molecular flexibility index (Phi) is 12.4. The standard InChI is InChI=1S/C35H32N4.C8H14.2Au.2ClH/c1-2-36-25-37(36,33-13-7-6-12-32(33)36)23-28-16-18-30-19-17-29(21-31(30)20-28)24-39-26-38(39,22-27-10-4-3-5-11-27)34-14-8-9-15-35(34)39;1-3-5-7-8-6-4-2;;;;/h3-21,25-26H,2,22-24H2,1H3;3,5,7-8H,4,6H2,1-2H3;;;2*1H/q+2;;2*+1;;/p-2/b;5-3-,8-7-;;;;. The number of nitrogens with zero attached hydrogens (tertiary/aromatic N) is 4. The number of para-hydroxylation sites is 4. The molecule has 0 aliphatic carbocycles. The molecular formula is C43H46Au2Cl2N4+2. The Hall–Kier alpha value is -2.26. The first-order valence-corrected chi connectivity index (χ1v) is 22.9. The van der Waals surface area contributed by atoms with Gasteiger partial charge in [-0.2, -0.15) is 0 Å². The fourth-order valence-electron chi connectivity index (χ4n) is 8.43. The second-order valence-corrected chi connectivity index (χ2v) is 13.5. The van der Waals surface area contributed by atoms with E-state index in [0.29, 0.717) is 0 Å². The van der Waals surface area contributed by atoms with Crippen LogP contribution >= 0.6 is 18.4 Å². The van der Waals surface area contributed by atoms with Gasteiger partial charge in [-0.25, -0.2) is 18.4 Å². The summed E-state index contributed by atoms with van der Waals surface area (Å²) in [6.07, 6.45) is 10.8. The first-order valence-electron chi connectivity index (χ1n) is 17.6. The van der Waals surface area contributed by atoms with Gasteiger partial charge in [-0.15, -0.1) is 0 Å². The molecule has 2 fully saturated rings. The molecule has 0 saturated carbocycles. The Morgan fingerprint density at radius 2 is 0.980 bits per heavy atom. The van der Waals surface area contributed by atoms with Crippen molar-refractivity contribution in [1.82, 2.24) is 18.4 Å². The van der Waals surface area contributed by atoms with E-state index in [-0.39, 0.29) is 0 Å². The van der Waals surface area contributed by atoms with Gasteiger partial charge in [0, 0.05) is 41.0 Å². The number of halogens is 2. The molecule has 4 unspecified atom stereocenters. The van der Waals surface area contributed by atoms with Crippen LogP contribution < -0.4 is 18.4 Å². The minimum atomic E-state index is 0.915. The monoisotopic (exact) mass is 1080 g/mol. The van der Waals surface area contributed by atoms with E-state index >= 15 is 0 Å². The fourth-order valence-corrected chi connectivity index (χ4v) is 8.43. The quantitative estimate of drug-likeness (QED) is 0.0430. The number of unbranched alkanes of at least 4 members (excludes halogenated alkanes) is 1. The molecule has 2 saturated heterocycles. The number of hydrogen-bond donors (Lipinski definition) is 0. The van der Waals surface area contributed by atoms with Crippen molar-refractivity contribution in [2.24, 2.45) is 0 Å². The Bertz CT molecular complexity index is 2040. The van der Waals surface area contributed by atoms with E-state index < -0.39 is 0 Å². The van der Waals surface area contributed by atoms with Crippen molar-refractivity contribution in [3.63, 3.8) is 0 Å². The maximum atomic E-state index is 4.58. The Balaban J connectivity index is 0.000000330. The molecule has 9 rings (SSSR count). The topological polar surface area (TPSA) is 0 Å². The van der Waals surface area contributed by atoms with Crippen LogP contribution in [0.3, 0.4) is 0 Å². The van der Waals surface area contributed by atoms with Crippen LogP contribution in [-0.2, 0) is 59.6 Å². The van der Waals surface area contributed by atoms with E-state index in [2.05, 4.69) is 179 Å². The van der Waals surface area contributed by atoms with E-state index in [9.17, 15) is 0 Å². The average Bonchev–Trinajstić information content (AvgIpc) is 3.98. The Morgan fingerprint density at radius 3 is 1.47 bits per heavy atom. The molecule has 0 spiro atoms. The zero-order valence-corrected chi connectivity index (χ0v) is 35.2. The van der Waals surface area contributed by atoms with Gasteiger partial charge >= 0.3 is 58.4 Å². The molecule has 4 aliphatic rings. The van der Waals surface area contributed by atoms with Crippen molar-refractivity contribution in [1.29, 1.82) is 0 Å². The molecule has 5 aromatic rings. The summed E-state index contributed by atoms with van der Waals surface area (Å²) in [5.41, 5.74) is 10.0. The minimum absolute atomic E-state index is 0.915. The number of benzene rings is 5. The molecule has 4 atom stereocenters. The van der Waals surface area contributed by atoms with E-state index in [1.807, 2.05) is 13.0 Å². The number of hydrogen-bond acceptors (Lipinski definition) is 0. The number of rotatable bonds is 10. The molecule has 8 heteroatoms. The van der Waals surface area contributed by atoms with Crippen LogP contribution in [0.5, 0.6) is 0 Å². The molecule has 5 aromatic carbocycles. The summed E-state index contributed by atoms with van der Waals surface area (Å²) in [4.78, 5) is 0. The van der Waals surface area contributed by atoms with Gasteiger partial charge in [-0.1, -0.05) is 117 Å². The molecule has 0 aromatic heterocycles. The molecule has 0 radical (unpaired) electrons. The van der Waals surface area contributed by atoms with E-state index in [1.54, 1.807) is 40.0 Å². The van der Waals surface area contributed by atoms with Crippen LogP contribution in [0.4, 0.5) is 22.7 Å². The van der Waals surface area contributed by atoms with Gasteiger partial charge in [-0.3, -0.25) is 0 Å². The van der Waals surface area contributed by atoms with Gasteiger partial charge in [0.05, 0.1) is 0 Å². The van der Waals surface area contributed by atoms with Crippen molar-refractivity contribution in [2.75, 3.05) is 6.54 Å². The molecule has 4 heterocycles. The SMILES string of the molecule is C/C=C\C=C/CCC.CC[N+]12[CH-][N+]1(Cc1ccc3ccc(C[N+]45[CH-][N+]4(Cc4ccccc4)c4ccccc45)cc3c1)c1ccccc12.[Cl][Au].[Cl][Au]. The predicted octanol–water partition coefficient (Wildman–Crippen LogP) is 12.1. The maximum absolute atomic E-state index is 4.58. The third-order valence-corrected chi connectivity index (χ3v) is 10.8. The summed E-state index contributed by atoms with van der Waals surface area (Å²) in [6.45, 7) is 15.7. The summed E-state index contributed by atoms with van der Waals surface area (Å²) in [7, 11) is 9.17.